The molecule has 9 heteroatoms. The molecule has 130 valence electrons. The van der Waals surface area contributed by atoms with Crippen LogP contribution in [0.2, 0.25) is 0 Å². The van der Waals surface area contributed by atoms with Crippen LogP contribution in [-0.2, 0) is 29.9 Å². The highest BCUT2D eigenvalue weighted by Gasteiger charge is 2.10. The van der Waals surface area contributed by atoms with Crippen molar-refractivity contribution in [3.05, 3.63) is 22.3 Å². The third-order valence-electron chi connectivity index (χ3n) is 2.57. The van der Waals surface area contributed by atoms with Crippen LogP contribution in [0.4, 0.5) is 5.82 Å². The SMILES string of the molecule is CCOC(=O)COC[C@H](C)Nc1cc(CS(C)(=O)=O)cc(Br)n1. The van der Waals surface area contributed by atoms with Crippen molar-refractivity contribution in [1.82, 2.24) is 4.98 Å². The maximum Gasteiger partial charge on any atom is 0.332 e. The third-order valence-corrected chi connectivity index (χ3v) is 3.83. The molecule has 0 spiro atoms. The second kappa shape index (κ2) is 9.19. The van der Waals surface area contributed by atoms with Gasteiger partial charge < -0.3 is 14.8 Å². The topological polar surface area (TPSA) is 94.6 Å². The van der Waals surface area contributed by atoms with Gasteiger partial charge in [0.05, 0.1) is 19.0 Å². The summed E-state index contributed by atoms with van der Waals surface area (Å²) in [5.74, 6) is 0.0669. The van der Waals surface area contributed by atoms with Gasteiger partial charge >= 0.3 is 5.97 Å². The molecule has 0 aliphatic carbocycles. The van der Waals surface area contributed by atoms with E-state index in [2.05, 4.69) is 26.2 Å². The van der Waals surface area contributed by atoms with E-state index in [-0.39, 0.29) is 25.0 Å². The van der Waals surface area contributed by atoms with Crippen molar-refractivity contribution in [2.45, 2.75) is 25.6 Å². The molecule has 1 heterocycles. The molecular weight excluding hydrogens is 388 g/mol. The molecule has 0 unspecified atom stereocenters. The fraction of sp³-hybridized carbons (Fsp3) is 0.571. The zero-order valence-corrected chi connectivity index (χ0v) is 15.7. The molecule has 1 atom stereocenters. The number of rotatable bonds is 9. The summed E-state index contributed by atoms with van der Waals surface area (Å²) in [4.78, 5) is 15.4. The normalized spacial score (nSPS) is 12.7. The van der Waals surface area contributed by atoms with Crippen LogP contribution < -0.4 is 5.32 Å². The number of nitrogens with zero attached hydrogens (tertiary/aromatic N) is 1. The number of hydrogen-bond acceptors (Lipinski definition) is 7. The fourth-order valence-electron chi connectivity index (χ4n) is 1.83. The number of ether oxygens (including phenoxy) is 2. The summed E-state index contributed by atoms with van der Waals surface area (Å²) in [6, 6.07) is 3.22. The van der Waals surface area contributed by atoms with E-state index in [0.29, 0.717) is 22.6 Å². The lowest BCUT2D eigenvalue weighted by molar-refractivity contribution is -0.148. The number of pyridine rings is 1. The molecule has 0 bridgehead atoms. The van der Waals surface area contributed by atoms with Crippen LogP contribution in [0.15, 0.2) is 16.7 Å². The predicted octanol–water partition coefficient (Wildman–Crippen LogP) is 1.77. The first-order chi connectivity index (χ1) is 10.7. The van der Waals surface area contributed by atoms with Gasteiger partial charge in [-0.3, -0.25) is 0 Å². The molecule has 1 rings (SSSR count). The van der Waals surface area contributed by atoms with E-state index >= 15 is 0 Å². The van der Waals surface area contributed by atoms with Crippen molar-refractivity contribution in [3.8, 4) is 0 Å². The second-order valence-electron chi connectivity index (χ2n) is 5.12. The highest BCUT2D eigenvalue weighted by molar-refractivity contribution is 9.10. The molecular formula is C14H21BrN2O5S. The summed E-state index contributed by atoms with van der Waals surface area (Å²) in [5.41, 5.74) is 0.636. The Labute approximate surface area is 144 Å². The van der Waals surface area contributed by atoms with Gasteiger partial charge in [-0.1, -0.05) is 0 Å². The average molecular weight is 409 g/mol. The molecule has 0 amide bonds. The van der Waals surface area contributed by atoms with E-state index < -0.39 is 15.8 Å². The molecule has 23 heavy (non-hydrogen) atoms. The van der Waals surface area contributed by atoms with Crippen molar-refractivity contribution in [1.29, 1.82) is 0 Å². The molecule has 0 fully saturated rings. The first kappa shape index (κ1) is 19.9. The number of carbonyl (C=O) groups is 1. The lowest BCUT2D eigenvalue weighted by Crippen LogP contribution is -2.25. The van der Waals surface area contributed by atoms with E-state index in [4.69, 9.17) is 9.47 Å². The molecule has 0 aromatic carbocycles. The van der Waals surface area contributed by atoms with Crippen LogP contribution in [-0.4, -0.2) is 51.5 Å². The third kappa shape index (κ3) is 8.87. The van der Waals surface area contributed by atoms with E-state index in [0.717, 1.165) is 0 Å². The Kier molecular flexibility index (Phi) is 7.93. The number of anilines is 1. The minimum Gasteiger partial charge on any atom is -0.464 e. The lowest BCUT2D eigenvalue weighted by Gasteiger charge is -2.15. The van der Waals surface area contributed by atoms with Gasteiger partial charge in [-0.05, 0) is 47.5 Å². The van der Waals surface area contributed by atoms with Gasteiger partial charge in [0, 0.05) is 12.3 Å². The van der Waals surface area contributed by atoms with Crippen LogP contribution in [0.25, 0.3) is 0 Å². The molecule has 0 saturated carbocycles. The molecule has 1 aromatic rings. The summed E-state index contributed by atoms with van der Waals surface area (Å²) in [7, 11) is -3.12. The molecule has 1 N–H and O–H groups in total. The quantitative estimate of drug-likeness (QED) is 0.491. The number of carbonyl (C=O) groups excluding carboxylic acids is 1. The maximum absolute atomic E-state index is 11.4. The Morgan fingerprint density at radius 3 is 2.74 bits per heavy atom. The molecule has 0 aliphatic heterocycles. The van der Waals surface area contributed by atoms with Crippen LogP contribution in [0.5, 0.6) is 0 Å². The lowest BCUT2D eigenvalue weighted by atomic mass is 10.3. The van der Waals surface area contributed by atoms with Crippen molar-refractivity contribution in [2.75, 3.05) is 31.4 Å². The van der Waals surface area contributed by atoms with Crippen molar-refractivity contribution >= 4 is 37.6 Å². The smallest absolute Gasteiger partial charge is 0.332 e. The maximum atomic E-state index is 11.4. The zero-order chi connectivity index (χ0) is 17.5. The van der Waals surface area contributed by atoms with Gasteiger partial charge in [-0.15, -0.1) is 0 Å². The molecule has 0 radical (unpaired) electrons. The van der Waals surface area contributed by atoms with E-state index in [1.807, 2.05) is 6.92 Å². The first-order valence-electron chi connectivity index (χ1n) is 7.03. The Bertz CT molecular complexity index is 636. The van der Waals surface area contributed by atoms with Gasteiger partial charge in [-0.2, -0.15) is 0 Å². The van der Waals surface area contributed by atoms with Crippen LogP contribution in [0, 0.1) is 0 Å². The van der Waals surface area contributed by atoms with Gasteiger partial charge in [0.15, 0.2) is 9.84 Å². The predicted molar refractivity (Wildman–Crippen MR) is 91.0 cm³/mol. The molecule has 1 aromatic heterocycles. The largest absolute Gasteiger partial charge is 0.464 e. The minimum absolute atomic E-state index is 0.0590. The van der Waals surface area contributed by atoms with Crippen LogP contribution in [0.3, 0.4) is 0 Å². The Morgan fingerprint density at radius 1 is 1.43 bits per heavy atom. The number of nitrogens with one attached hydrogen (secondary N) is 1. The first-order valence-corrected chi connectivity index (χ1v) is 9.89. The minimum atomic E-state index is -3.12. The van der Waals surface area contributed by atoms with E-state index in [9.17, 15) is 13.2 Å². The highest BCUT2D eigenvalue weighted by Crippen LogP contribution is 2.17. The van der Waals surface area contributed by atoms with E-state index in [1.165, 1.54) is 6.26 Å². The summed E-state index contributed by atoms with van der Waals surface area (Å²) < 4.78 is 33.3. The molecule has 0 aliphatic rings. The molecule has 0 saturated heterocycles. The van der Waals surface area contributed by atoms with Gasteiger partial charge in [-0.25, -0.2) is 18.2 Å². The highest BCUT2D eigenvalue weighted by atomic mass is 79.9. The molecule has 7 nitrogen and oxygen atoms in total. The van der Waals surface area contributed by atoms with E-state index in [1.54, 1.807) is 19.1 Å². The monoisotopic (exact) mass is 408 g/mol. The summed E-state index contributed by atoms with van der Waals surface area (Å²) in [6.07, 6.45) is 1.18. The van der Waals surface area contributed by atoms with Crippen molar-refractivity contribution in [3.63, 3.8) is 0 Å². The number of sulfone groups is 1. The Balaban J connectivity index is 2.57. The van der Waals surface area contributed by atoms with Crippen molar-refractivity contribution in [2.24, 2.45) is 0 Å². The number of esters is 1. The fourth-order valence-corrected chi connectivity index (χ4v) is 3.08. The van der Waals surface area contributed by atoms with Crippen LogP contribution >= 0.6 is 15.9 Å². The van der Waals surface area contributed by atoms with Gasteiger partial charge in [0.2, 0.25) is 0 Å². The van der Waals surface area contributed by atoms with Crippen LogP contribution in [0.1, 0.15) is 19.4 Å². The van der Waals surface area contributed by atoms with Crippen molar-refractivity contribution < 1.29 is 22.7 Å². The summed E-state index contributed by atoms with van der Waals surface area (Å²) in [6.45, 7) is 4.10. The van der Waals surface area contributed by atoms with Gasteiger partial charge in [0.1, 0.15) is 17.0 Å². The average Bonchev–Trinajstić information content (AvgIpc) is 2.35. The Hall–Kier alpha value is -1.19. The van der Waals surface area contributed by atoms with Gasteiger partial charge in [0.25, 0.3) is 0 Å². The standard InChI is InChI=1S/C14H21BrN2O5S/c1-4-22-14(18)8-21-7-10(2)16-13-6-11(5-12(15)17-13)9-23(3,19)20/h5-6,10H,4,7-9H2,1-3H3,(H,16,17)/t10-/m0/s1. The second-order valence-corrected chi connectivity index (χ2v) is 8.07. The summed E-state index contributed by atoms with van der Waals surface area (Å²) >= 11 is 3.26. The Morgan fingerprint density at radius 2 is 2.13 bits per heavy atom. The number of halogens is 1. The summed E-state index contributed by atoms with van der Waals surface area (Å²) in [5, 5.41) is 3.10. The number of aromatic nitrogens is 1. The zero-order valence-electron chi connectivity index (χ0n) is 13.3. The number of hydrogen-bond donors (Lipinski definition) is 1.